The highest BCUT2D eigenvalue weighted by Crippen LogP contribution is 2.23. The lowest BCUT2D eigenvalue weighted by Gasteiger charge is -2.04. The van der Waals surface area contributed by atoms with Crippen LogP contribution in [0.25, 0.3) is 0 Å². The number of carboxylic acid groups (broad SMARTS) is 1. The predicted octanol–water partition coefficient (Wildman–Crippen LogP) is 0.518. The normalized spacial score (nSPS) is 9.80. The molecular weight excluding hydrogens is 202 g/mol. The minimum Gasteiger partial charge on any atom is -0.494 e. The van der Waals surface area contributed by atoms with E-state index in [1.54, 1.807) is 0 Å². The Bertz CT molecular complexity index is 407. The fourth-order valence-electron chi connectivity index (χ4n) is 1.27. The molecule has 0 fully saturated rings. The van der Waals surface area contributed by atoms with Crippen molar-refractivity contribution in [2.24, 2.45) is 7.05 Å². The van der Waals surface area contributed by atoms with Gasteiger partial charge in [0.05, 0.1) is 14.2 Å². The van der Waals surface area contributed by atoms with E-state index < -0.39 is 11.9 Å². The molecule has 0 saturated heterocycles. The third kappa shape index (κ3) is 1.78. The van der Waals surface area contributed by atoms with Crippen LogP contribution in [0.15, 0.2) is 6.07 Å². The maximum absolute atomic E-state index is 11.3. The molecule has 1 heterocycles. The molecule has 6 heteroatoms. The molecule has 0 unspecified atom stereocenters. The summed E-state index contributed by atoms with van der Waals surface area (Å²) in [5.74, 6) is -1.59. The number of aromatic carboxylic acids is 1. The molecular formula is C9H11NO5. The zero-order chi connectivity index (χ0) is 11.6. The lowest BCUT2D eigenvalue weighted by molar-refractivity contribution is 0.0585. The van der Waals surface area contributed by atoms with Crippen LogP contribution in [0.3, 0.4) is 0 Å². The first-order chi connectivity index (χ1) is 7.02. The quantitative estimate of drug-likeness (QED) is 0.740. The Labute approximate surface area is 86.0 Å². The van der Waals surface area contributed by atoms with E-state index in [0.717, 1.165) is 0 Å². The van der Waals surface area contributed by atoms with Gasteiger partial charge < -0.3 is 19.1 Å². The molecule has 0 radical (unpaired) electrons. The standard InChI is InChI=1S/C9H11NO5/c1-10-5(8(11)12)4-6(14-2)7(10)9(13)15-3/h4H,1-3H3,(H,11,12). The van der Waals surface area contributed by atoms with Gasteiger partial charge in [0.25, 0.3) is 0 Å². The van der Waals surface area contributed by atoms with E-state index in [1.807, 2.05) is 0 Å². The lowest BCUT2D eigenvalue weighted by atomic mass is 10.4. The van der Waals surface area contributed by atoms with Gasteiger partial charge in [0.1, 0.15) is 5.69 Å². The van der Waals surface area contributed by atoms with Crippen molar-refractivity contribution < 1.29 is 24.2 Å². The molecule has 0 amide bonds. The minimum atomic E-state index is -1.13. The summed E-state index contributed by atoms with van der Waals surface area (Å²) in [4.78, 5) is 22.1. The number of methoxy groups -OCH3 is 2. The highest BCUT2D eigenvalue weighted by Gasteiger charge is 2.23. The third-order valence-electron chi connectivity index (χ3n) is 2.02. The highest BCUT2D eigenvalue weighted by molar-refractivity contribution is 5.95. The summed E-state index contributed by atoms with van der Waals surface area (Å²) in [5.41, 5.74) is 0.0460. The van der Waals surface area contributed by atoms with Crippen molar-refractivity contribution >= 4 is 11.9 Å². The molecule has 15 heavy (non-hydrogen) atoms. The molecule has 6 nitrogen and oxygen atoms in total. The molecule has 0 spiro atoms. The molecule has 0 atom stereocenters. The van der Waals surface area contributed by atoms with Crippen LogP contribution in [0.4, 0.5) is 0 Å². The number of rotatable bonds is 3. The second-order valence-corrected chi connectivity index (χ2v) is 2.80. The van der Waals surface area contributed by atoms with Gasteiger partial charge in [0, 0.05) is 13.1 Å². The largest absolute Gasteiger partial charge is 0.494 e. The van der Waals surface area contributed by atoms with Crippen molar-refractivity contribution in [1.29, 1.82) is 0 Å². The number of esters is 1. The van der Waals surface area contributed by atoms with Gasteiger partial charge >= 0.3 is 11.9 Å². The Kier molecular flexibility index (Phi) is 2.99. The second kappa shape index (κ2) is 4.04. The van der Waals surface area contributed by atoms with Gasteiger partial charge in [0.2, 0.25) is 0 Å². The van der Waals surface area contributed by atoms with E-state index in [0.29, 0.717) is 0 Å². The van der Waals surface area contributed by atoms with E-state index in [-0.39, 0.29) is 17.1 Å². The van der Waals surface area contributed by atoms with Crippen LogP contribution in [0.5, 0.6) is 5.75 Å². The first-order valence-electron chi connectivity index (χ1n) is 4.08. The second-order valence-electron chi connectivity index (χ2n) is 2.80. The van der Waals surface area contributed by atoms with Crippen LogP contribution in [-0.4, -0.2) is 35.8 Å². The van der Waals surface area contributed by atoms with Gasteiger partial charge in [-0.3, -0.25) is 0 Å². The number of ether oxygens (including phenoxy) is 2. The molecule has 0 aliphatic rings. The van der Waals surface area contributed by atoms with Crippen LogP contribution in [0.1, 0.15) is 21.0 Å². The summed E-state index contributed by atoms with van der Waals surface area (Å²) in [6.45, 7) is 0. The van der Waals surface area contributed by atoms with Crippen molar-refractivity contribution in [3.8, 4) is 5.75 Å². The molecule has 1 aromatic heterocycles. The zero-order valence-electron chi connectivity index (χ0n) is 8.60. The van der Waals surface area contributed by atoms with Gasteiger partial charge in [-0.15, -0.1) is 0 Å². The van der Waals surface area contributed by atoms with Crippen molar-refractivity contribution in [2.45, 2.75) is 0 Å². The molecule has 0 aromatic carbocycles. The van der Waals surface area contributed by atoms with Crippen LogP contribution in [0, 0.1) is 0 Å². The van der Waals surface area contributed by atoms with E-state index in [1.165, 1.54) is 31.9 Å². The number of carboxylic acids is 1. The van der Waals surface area contributed by atoms with Crippen molar-refractivity contribution in [3.63, 3.8) is 0 Å². The Balaban J connectivity index is 3.36. The maximum atomic E-state index is 11.3. The molecule has 0 saturated carbocycles. The smallest absolute Gasteiger partial charge is 0.358 e. The summed E-state index contributed by atoms with van der Waals surface area (Å²) < 4.78 is 10.6. The van der Waals surface area contributed by atoms with Crippen LogP contribution >= 0.6 is 0 Å². The van der Waals surface area contributed by atoms with Crippen LogP contribution in [0.2, 0.25) is 0 Å². The number of carbonyl (C=O) groups excluding carboxylic acids is 1. The van der Waals surface area contributed by atoms with Crippen LogP contribution in [-0.2, 0) is 11.8 Å². The summed E-state index contributed by atoms with van der Waals surface area (Å²) in [5, 5.41) is 8.82. The fourth-order valence-corrected chi connectivity index (χ4v) is 1.27. The average Bonchev–Trinajstić information content (AvgIpc) is 2.54. The molecule has 0 bridgehead atoms. The Morgan fingerprint density at radius 2 is 2.00 bits per heavy atom. The Morgan fingerprint density at radius 3 is 2.40 bits per heavy atom. The summed E-state index contributed by atoms with van der Waals surface area (Å²) in [6.07, 6.45) is 0. The number of nitrogens with zero attached hydrogens (tertiary/aromatic N) is 1. The minimum absolute atomic E-state index is 0.0350. The number of aromatic nitrogens is 1. The summed E-state index contributed by atoms with van der Waals surface area (Å²) >= 11 is 0. The van der Waals surface area contributed by atoms with Gasteiger partial charge in [-0.1, -0.05) is 0 Å². The number of hydrogen-bond acceptors (Lipinski definition) is 4. The summed E-state index contributed by atoms with van der Waals surface area (Å²) in [6, 6.07) is 1.27. The van der Waals surface area contributed by atoms with Gasteiger partial charge in [-0.25, -0.2) is 9.59 Å². The van der Waals surface area contributed by atoms with E-state index in [9.17, 15) is 9.59 Å². The SMILES string of the molecule is COC(=O)c1c(OC)cc(C(=O)O)n1C. The predicted molar refractivity (Wildman–Crippen MR) is 50.3 cm³/mol. The summed E-state index contributed by atoms with van der Waals surface area (Å²) in [7, 11) is 4.03. The fraction of sp³-hybridized carbons (Fsp3) is 0.333. The van der Waals surface area contributed by atoms with Gasteiger partial charge in [-0.05, 0) is 0 Å². The van der Waals surface area contributed by atoms with Crippen molar-refractivity contribution in [1.82, 2.24) is 4.57 Å². The van der Waals surface area contributed by atoms with Crippen molar-refractivity contribution in [2.75, 3.05) is 14.2 Å². The molecule has 0 aliphatic heterocycles. The first kappa shape index (κ1) is 11.1. The highest BCUT2D eigenvalue weighted by atomic mass is 16.5. The number of hydrogen-bond donors (Lipinski definition) is 1. The Morgan fingerprint density at radius 1 is 1.40 bits per heavy atom. The average molecular weight is 213 g/mol. The molecule has 82 valence electrons. The zero-order valence-corrected chi connectivity index (χ0v) is 8.60. The molecule has 1 aromatic rings. The topological polar surface area (TPSA) is 77.8 Å². The van der Waals surface area contributed by atoms with Gasteiger partial charge in [0.15, 0.2) is 11.4 Å². The van der Waals surface area contributed by atoms with E-state index in [2.05, 4.69) is 4.74 Å². The Hall–Kier alpha value is -1.98. The lowest BCUT2D eigenvalue weighted by Crippen LogP contribution is -2.12. The van der Waals surface area contributed by atoms with Gasteiger partial charge in [-0.2, -0.15) is 0 Å². The molecule has 0 aliphatic carbocycles. The van der Waals surface area contributed by atoms with E-state index >= 15 is 0 Å². The van der Waals surface area contributed by atoms with Crippen LogP contribution < -0.4 is 4.74 Å². The first-order valence-corrected chi connectivity index (χ1v) is 4.08. The third-order valence-corrected chi connectivity index (χ3v) is 2.02. The van der Waals surface area contributed by atoms with E-state index in [4.69, 9.17) is 9.84 Å². The monoisotopic (exact) mass is 213 g/mol. The van der Waals surface area contributed by atoms with Crippen molar-refractivity contribution in [3.05, 3.63) is 17.5 Å². The molecule has 1 rings (SSSR count). The number of carbonyl (C=O) groups is 2. The maximum Gasteiger partial charge on any atom is 0.358 e. The molecule has 1 N–H and O–H groups in total.